The van der Waals surface area contributed by atoms with Crippen molar-refractivity contribution in [3.63, 3.8) is 0 Å². The summed E-state index contributed by atoms with van der Waals surface area (Å²) < 4.78 is 14.7. The zero-order valence-corrected chi connectivity index (χ0v) is 8.01. The maximum atomic E-state index is 13.2. The molecule has 0 aliphatic rings. The van der Waals surface area contributed by atoms with Gasteiger partial charge in [0.05, 0.1) is 11.8 Å². The monoisotopic (exact) mass is 205 g/mol. The van der Waals surface area contributed by atoms with Gasteiger partial charge in [-0.25, -0.2) is 4.39 Å². The molecular formula is C10H8FN3O. The molecule has 0 saturated heterocycles. The Kier molecular flexibility index (Phi) is 2.29. The number of carbonyl (C=O) groups is 1. The average molecular weight is 205 g/mol. The molecule has 0 amide bonds. The molecule has 0 spiro atoms. The largest absolute Gasteiger partial charge is 0.287 e. The highest BCUT2D eigenvalue weighted by Gasteiger charge is 2.15. The lowest BCUT2D eigenvalue weighted by atomic mass is 10.1. The third-order valence-corrected chi connectivity index (χ3v) is 1.96. The number of pyridine rings is 1. The van der Waals surface area contributed by atoms with Gasteiger partial charge in [0, 0.05) is 19.4 Å². The quantitative estimate of drug-likeness (QED) is 0.692. The molecule has 0 N–H and O–H groups in total. The van der Waals surface area contributed by atoms with Crippen LogP contribution in [0.2, 0.25) is 0 Å². The molecule has 0 aliphatic heterocycles. The van der Waals surface area contributed by atoms with E-state index < -0.39 is 11.6 Å². The van der Waals surface area contributed by atoms with E-state index in [1.54, 1.807) is 19.3 Å². The zero-order chi connectivity index (χ0) is 10.8. The van der Waals surface area contributed by atoms with Gasteiger partial charge in [-0.15, -0.1) is 0 Å². The number of rotatable bonds is 2. The van der Waals surface area contributed by atoms with Gasteiger partial charge in [0.25, 0.3) is 0 Å². The summed E-state index contributed by atoms with van der Waals surface area (Å²) in [5.41, 5.74) is 0.214. The minimum absolute atomic E-state index is 0.0105. The molecule has 2 aromatic rings. The maximum absolute atomic E-state index is 13.2. The number of hydrogen-bond acceptors (Lipinski definition) is 3. The first-order valence-electron chi connectivity index (χ1n) is 4.32. The summed E-state index contributed by atoms with van der Waals surface area (Å²) in [4.78, 5) is 15.3. The van der Waals surface area contributed by atoms with Crippen LogP contribution in [-0.2, 0) is 7.05 Å². The van der Waals surface area contributed by atoms with Crippen molar-refractivity contribution in [2.24, 2.45) is 7.05 Å². The van der Waals surface area contributed by atoms with Gasteiger partial charge in [0.2, 0.25) is 5.78 Å². The molecule has 0 radical (unpaired) electrons. The summed E-state index contributed by atoms with van der Waals surface area (Å²) in [5, 5.41) is 3.91. The molecule has 0 atom stereocenters. The number of nitrogens with zero attached hydrogens (tertiary/aromatic N) is 3. The van der Waals surface area contributed by atoms with Gasteiger partial charge in [0.1, 0.15) is 5.69 Å². The molecule has 4 nitrogen and oxygen atoms in total. The summed E-state index contributed by atoms with van der Waals surface area (Å²) in [6.45, 7) is 0. The molecule has 2 aromatic heterocycles. The third kappa shape index (κ3) is 1.76. The molecule has 15 heavy (non-hydrogen) atoms. The van der Waals surface area contributed by atoms with E-state index in [1.165, 1.54) is 16.9 Å². The maximum Gasteiger partial charge on any atom is 0.216 e. The van der Waals surface area contributed by atoms with Gasteiger partial charge < -0.3 is 0 Å². The topological polar surface area (TPSA) is 47.8 Å². The number of hydrogen-bond donors (Lipinski definition) is 0. The van der Waals surface area contributed by atoms with Crippen molar-refractivity contribution < 1.29 is 9.18 Å². The molecule has 0 unspecified atom stereocenters. The number of aromatic nitrogens is 3. The van der Waals surface area contributed by atoms with E-state index in [-0.39, 0.29) is 11.3 Å². The summed E-state index contributed by atoms with van der Waals surface area (Å²) in [6.07, 6.45) is 4.02. The Morgan fingerprint density at radius 2 is 2.27 bits per heavy atom. The van der Waals surface area contributed by atoms with E-state index in [4.69, 9.17) is 0 Å². The molecule has 0 aromatic carbocycles. The number of carbonyl (C=O) groups excluding carboxylic acids is 1. The number of halogens is 1. The third-order valence-electron chi connectivity index (χ3n) is 1.96. The Labute approximate surface area is 85.4 Å². The molecule has 2 rings (SSSR count). The van der Waals surface area contributed by atoms with Crippen molar-refractivity contribution >= 4 is 5.78 Å². The summed E-state index contributed by atoms with van der Waals surface area (Å²) >= 11 is 0. The first-order valence-corrected chi connectivity index (χ1v) is 4.32. The average Bonchev–Trinajstić information content (AvgIpc) is 2.65. The fraction of sp³-hybridized carbons (Fsp3) is 0.100. The van der Waals surface area contributed by atoms with Crippen LogP contribution in [0.15, 0.2) is 30.7 Å². The number of aryl methyl sites for hydroxylation is 1. The molecule has 0 fully saturated rings. The van der Waals surface area contributed by atoms with E-state index in [1.807, 2.05) is 0 Å². The van der Waals surface area contributed by atoms with E-state index in [0.717, 1.165) is 6.20 Å². The highest BCUT2D eigenvalue weighted by molar-refractivity contribution is 6.07. The molecule has 76 valence electrons. The van der Waals surface area contributed by atoms with E-state index in [2.05, 4.69) is 10.1 Å². The first kappa shape index (κ1) is 9.51. The van der Waals surface area contributed by atoms with Crippen LogP contribution < -0.4 is 0 Å². The summed E-state index contributed by atoms with van der Waals surface area (Å²) in [7, 11) is 1.69. The fourth-order valence-electron chi connectivity index (χ4n) is 1.23. The number of ketones is 1. The Morgan fingerprint density at radius 1 is 1.47 bits per heavy atom. The van der Waals surface area contributed by atoms with Crippen LogP contribution in [0.3, 0.4) is 0 Å². The second kappa shape index (κ2) is 3.61. The van der Waals surface area contributed by atoms with Gasteiger partial charge in [-0.1, -0.05) is 0 Å². The lowest BCUT2D eigenvalue weighted by molar-refractivity contribution is 0.103. The van der Waals surface area contributed by atoms with Crippen LogP contribution in [0.5, 0.6) is 0 Å². The zero-order valence-electron chi connectivity index (χ0n) is 8.01. The predicted octanol–water partition coefficient (Wildman–Crippen LogP) is 1.19. The molecular weight excluding hydrogens is 197 g/mol. The fourth-order valence-corrected chi connectivity index (χ4v) is 1.23. The van der Waals surface area contributed by atoms with Gasteiger partial charge >= 0.3 is 0 Å². The van der Waals surface area contributed by atoms with Crippen molar-refractivity contribution in [3.05, 3.63) is 47.8 Å². The van der Waals surface area contributed by atoms with Crippen molar-refractivity contribution in [1.82, 2.24) is 14.8 Å². The van der Waals surface area contributed by atoms with Gasteiger partial charge in [0.15, 0.2) is 5.82 Å². The van der Waals surface area contributed by atoms with Crippen molar-refractivity contribution in [3.8, 4) is 0 Å². The van der Waals surface area contributed by atoms with Crippen LogP contribution in [0.4, 0.5) is 4.39 Å². The second-order valence-corrected chi connectivity index (χ2v) is 3.06. The van der Waals surface area contributed by atoms with Gasteiger partial charge in [-0.2, -0.15) is 5.10 Å². The van der Waals surface area contributed by atoms with Gasteiger partial charge in [-0.05, 0) is 12.1 Å². The second-order valence-electron chi connectivity index (χ2n) is 3.06. The normalized spacial score (nSPS) is 10.3. The smallest absolute Gasteiger partial charge is 0.216 e. The first-order chi connectivity index (χ1) is 7.18. The minimum Gasteiger partial charge on any atom is -0.287 e. The highest BCUT2D eigenvalue weighted by atomic mass is 19.1. The van der Waals surface area contributed by atoms with Gasteiger partial charge in [-0.3, -0.25) is 14.5 Å². The molecule has 5 heteroatoms. The molecule has 0 bridgehead atoms. The van der Waals surface area contributed by atoms with E-state index in [9.17, 15) is 9.18 Å². The lowest BCUT2D eigenvalue weighted by Crippen LogP contribution is -2.06. The van der Waals surface area contributed by atoms with Crippen molar-refractivity contribution in [1.29, 1.82) is 0 Å². The lowest BCUT2D eigenvalue weighted by Gasteiger charge is -1.97. The Hall–Kier alpha value is -2.04. The van der Waals surface area contributed by atoms with Crippen LogP contribution in [0.1, 0.15) is 16.1 Å². The van der Waals surface area contributed by atoms with Crippen LogP contribution >= 0.6 is 0 Å². The molecule has 0 saturated carbocycles. The van der Waals surface area contributed by atoms with Crippen LogP contribution in [-0.4, -0.2) is 20.5 Å². The summed E-state index contributed by atoms with van der Waals surface area (Å²) in [6, 6.07) is 2.88. The highest BCUT2D eigenvalue weighted by Crippen LogP contribution is 2.10. The standard InChI is InChI=1S/C10H8FN3O/c1-14-5-3-9(13-14)10(15)7-2-4-12-6-8(7)11/h2-6H,1H3. The van der Waals surface area contributed by atoms with Crippen molar-refractivity contribution in [2.45, 2.75) is 0 Å². The Balaban J connectivity index is 2.41. The van der Waals surface area contributed by atoms with Crippen LogP contribution in [0.25, 0.3) is 0 Å². The van der Waals surface area contributed by atoms with Crippen LogP contribution in [0, 0.1) is 5.82 Å². The Morgan fingerprint density at radius 3 is 2.87 bits per heavy atom. The Bertz CT molecular complexity index is 507. The van der Waals surface area contributed by atoms with Crippen molar-refractivity contribution in [2.75, 3.05) is 0 Å². The van der Waals surface area contributed by atoms with E-state index >= 15 is 0 Å². The minimum atomic E-state index is -0.631. The SMILES string of the molecule is Cn1ccc(C(=O)c2ccncc2F)n1. The van der Waals surface area contributed by atoms with E-state index in [0.29, 0.717) is 0 Å². The summed E-state index contributed by atoms with van der Waals surface area (Å²) in [5.74, 6) is -1.07. The predicted molar refractivity (Wildman–Crippen MR) is 50.8 cm³/mol. The molecule has 2 heterocycles. The molecule has 0 aliphatic carbocycles.